The van der Waals surface area contributed by atoms with Crippen LogP contribution in [0.4, 0.5) is 5.82 Å². The van der Waals surface area contributed by atoms with Crippen LogP contribution in [0.5, 0.6) is 0 Å². The molecule has 0 bridgehead atoms. The molecule has 0 saturated carbocycles. The SMILES string of the molecule is O=C(C[C@H]1C=CCC1)NCc1ccnc(N2CCOCC2)c1. The molecule has 2 heterocycles. The van der Waals surface area contributed by atoms with Gasteiger partial charge in [-0.3, -0.25) is 4.79 Å². The van der Waals surface area contributed by atoms with Crippen molar-refractivity contribution in [1.82, 2.24) is 10.3 Å². The van der Waals surface area contributed by atoms with E-state index in [9.17, 15) is 4.79 Å². The zero-order chi connectivity index (χ0) is 15.2. The van der Waals surface area contributed by atoms with E-state index < -0.39 is 0 Å². The van der Waals surface area contributed by atoms with E-state index in [1.165, 1.54) is 0 Å². The number of anilines is 1. The number of carbonyl (C=O) groups excluding carboxylic acids is 1. The van der Waals surface area contributed by atoms with Crippen LogP contribution >= 0.6 is 0 Å². The van der Waals surface area contributed by atoms with Crippen molar-refractivity contribution in [2.45, 2.75) is 25.8 Å². The maximum Gasteiger partial charge on any atom is 0.220 e. The largest absolute Gasteiger partial charge is 0.378 e. The van der Waals surface area contributed by atoms with Gasteiger partial charge in [0.2, 0.25) is 5.91 Å². The minimum absolute atomic E-state index is 0.126. The number of carbonyl (C=O) groups is 1. The smallest absolute Gasteiger partial charge is 0.220 e. The highest BCUT2D eigenvalue weighted by Gasteiger charge is 2.15. The molecule has 0 radical (unpaired) electrons. The van der Waals surface area contributed by atoms with Crippen LogP contribution in [0.3, 0.4) is 0 Å². The number of nitrogens with zero attached hydrogens (tertiary/aromatic N) is 2. The summed E-state index contributed by atoms with van der Waals surface area (Å²) in [5.74, 6) is 1.51. The number of aromatic nitrogens is 1. The van der Waals surface area contributed by atoms with Gasteiger partial charge in [-0.15, -0.1) is 0 Å². The minimum atomic E-state index is 0.126. The zero-order valence-electron chi connectivity index (χ0n) is 12.8. The molecule has 1 aliphatic heterocycles. The Morgan fingerprint density at radius 1 is 1.41 bits per heavy atom. The van der Waals surface area contributed by atoms with Crippen LogP contribution in [0.1, 0.15) is 24.8 Å². The molecule has 0 spiro atoms. The van der Waals surface area contributed by atoms with Crippen molar-refractivity contribution in [3.63, 3.8) is 0 Å². The summed E-state index contributed by atoms with van der Waals surface area (Å²) in [5.41, 5.74) is 1.09. The fourth-order valence-electron chi connectivity index (χ4n) is 2.91. The predicted molar refractivity (Wildman–Crippen MR) is 85.6 cm³/mol. The third kappa shape index (κ3) is 4.07. The molecule has 22 heavy (non-hydrogen) atoms. The number of allylic oxidation sites excluding steroid dienone is 2. The molecule has 1 N–H and O–H groups in total. The van der Waals surface area contributed by atoms with Crippen molar-refractivity contribution < 1.29 is 9.53 Å². The summed E-state index contributed by atoms with van der Waals surface area (Å²) in [6, 6.07) is 4.01. The summed E-state index contributed by atoms with van der Waals surface area (Å²) in [6.07, 6.45) is 8.93. The molecule has 1 aromatic heterocycles. The van der Waals surface area contributed by atoms with Gasteiger partial charge in [0.1, 0.15) is 5.82 Å². The Kier molecular flexibility index (Phi) is 5.06. The maximum absolute atomic E-state index is 12.0. The van der Waals surface area contributed by atoms with Gasteiger partial charge in [-0.25, -0.2) is 4.98 Å². The number of nitrogens with one attached hydrogen (secondary N) is 1. The highest BCUT2D eigenvalue weighted by Crippen LogP contribution is 2.20. The first-order chi connectivity index (χ1) is 10.8. The van der Waals surface area contributed by atoms with Crippen molar-refractivity contribution in [2.75, 3.05) is 31.2 Å². The van der Waals surface area contributed by atoms with Crippen molar-refractivity contribution in [1.29, 1.82) is 0 Å². The number of morpholine rings is 1. The fourth-order valence-corrected chi connectivity index (χ4v) is 2.91. The average molecular weight is 301 g/mol. The van der Waals surface area contributed by atoms with Crippen molar-refractivity contribution in [2.24, 2.45) is 5.92 Å². The van der Waals surface area contributed by atoms with Gasteiger partial charge in [-0.2, -0.15) is 0 Å². The van der Waals surface area contributed by atoms with Crippen LogP contribution in [0.25, 0.3) is 0 Å². The number of pyridine rings is 1. The topological polar surface area (TPSA) is 54.5 Å². The molecule has 3 rings (SSSR count). The number of hydrogen-bond acceptors (Lipinski definition) is 4. The van der Waals surface area contributed by atoms with Crippen molar-refractivity contribution in [3.8, 4) is 0 Å². The third-order valence-corrected chi connectivity index (χ3v) is 4.19. The number of amides is 1. The number of rotatable bonds is 5. The lowest BCUT2D eigenvalue weighted by Crippen LogP contribution is -2.36. The number of ether oxygens (including phenoxy) is 1. The Bertz CT molecular complexity index is 538. The van der Waals surface area contributed by atoms with E-state index in [0.717, 1.165) is 50.5 Å². The lowest BCUT2D eigenvalue weighted by atomic mass is 10.1. The minimum Gasteiger partial charge on any atom is -0.378 e. The van der Waals surface area contributed by atoms with Gasteiger partial charge in [0.05, 0.1) is 13.2 Å². The molecule has 5 heteroatoms. The van der Waals surface area contributed by atoms with E-state index in [0.29, 0.717) is 18.9 Å². The molecule has 1 atom stereocenters. The summed E-state index contributed by atoms with van der Waals surface area (Å²) in [4.78, 5) is 18.6. The predicted octanol–water partition coefficient (Wildman–Crippen LogP) is 1.89. The Balaban J connectivity index is 1.51. The number of hydrogen-bond donors (Lipinski definition) is 1. The van der Waals surface area contributed by atoms with Crippen LogP contribution in [0.2, 0.25) is 0 Å². The van der Waals surface area contributed by atoms with Crippen LogP contribution in [-0.4, -0.2) is 37.2 Å². The highest BCUT2D eigenvalue weighted by atomic mass is 16.5. The summed E-state index contributed by atoms with van der Waals surface area (Å²) >= 11 is 0. The monoisotopic (exact) mass is 301 g/mol. The van der Waals surface area contributed by atoms with Gasteiger partial charge in [0, 0.05) is 32.3 Å². The quantitative estimate of drug-likeness (QED) is 0.844. The Morgan fingerprint density at radius 3 is 3.05 bits per heavy atom. The Labute approximate surface area is 131 Å². The lowest BCUT2D eigenvalue weighted by molar-refractivity contribution is -0.121. The molecule has 5 nitrogen and oxygen atoms in total. The van der Waals surface area contributed by atoms with Gasteiger partial charge >= 0.3 is 0 Å². The molecular formula is C17H23N3O2. The molecule has 1 saturated heterocycles. The normalized spacial score (nSPS) is 21.1. The molecule has 2 aliphatic rings. The summed E-state index contributed by atoms with van der Waals surface area (Å²) in [7, 11) is 0. The second-order valence-corrected chi connectivity index (χ2v) is 5.87. The van der Waals surface area contributed by atoms with Crippen LogP contribution in [0.15, 0.2) is 30.5 Å². The standard InChI is InChI=1S/C17H23N3O2/c21-17(12-14-3-1-2-4-14)19-13-15-5-6-18-16(11-15)20-7-9-22-10-8-20/h1,3,5-6,11,14H,2,4,7-10,12-13H2,(H,19,21)/t14-/m0/s1. The van der Waals surface area contributed by atoms with Gasteiger partial charge in [-0.05, 0) is 36.5 Å². The highest BCUT2D eigenvalue weighted by molar-refractivity contribution is 5.76. The molecular weight excluding hydrogens is 278 g/mol. The maximum atomic E-state index is 12.0. The second kappa shape index (κ2) is 7.40. The van der Waals surface area contributed by atoms with E-state index in [1.807, 2.05) is 12.3 Å². The third-order valence-electron chi connectivity index (χ3n) is 4.19. The lowest BCUT2D eigenvalue weighted by Gasteiger charge is -2.28. The van der Waals surface area contributed by atoms with E-state index >= 15 is 0 Å². The molecule has 1 aromatic rings. The molecule has 1 amide bonds. The molecule has 1 fully saturated rings. The van der Waals surface area contributed by atoms with E-state index in [2.05, 4.69) is 33.4 Å². The first kappa shape index (κ1) is 15.0. The van der Waals surface area contributed by atoms with E-state index in [-0.39, 0.29) is 5.91 Å². The molecule has 0 unspecified atom stereocenters. The van der Waals surface area contributed by atoms with Gasteiger partial charge in [-0.1, -0.05) is 12.2 Å². The molecule has 118 valence electrons. The Hall–Kier alpha value is -1.88. The first-order valence-corrected chi connectivity index (χ1v) is 8.02. The first-order valence-electron chi connectivity index (χ1n) is 8.02. The van der Waals surface area contributed by atoms with Crippen molar-refractivity contribution >= 4 is 11.7 Å². The van der Waals surface area contributed by atoms with Crippen LogP contribution in [0, 0.1) is 5.92 Å². The van der Waals surface area contributed by atoms with Crippen LogP contribution in [-0.2, 0) is 16.1 Å². The molecule has 1 aliphatic carbocycles. The van der Waals surface area contributed by atoms with Gasteiger partial charge < -0.3 is 15.0 Å². The second-order valence-electron chi connectivity index (χ2n) is 5.87. The van der Waals surface area contributed by atoms with Crippen LogP contribution < -0.4 is 10.2 Å². The molecule has 0 aromatic carbocycles. The van der Waals surface area contributed by atoms with Crippen molar-refractivity contribution in [3.05, 3.63) is 36.0 Å². The summed E-state index contributed by atoms with van der Waals surface area (Å²) in [6.45, 7) is 3.80. The average Bonchev–Trinajstić information content (AvgIpc) is 3.07. The van der Waals surface area contributed by atoms with Gasteiger partial charge in [0.25, 0.3) is 0 Å². The van der Waals surface area contributed by atoms with E-state index in [1.54, 1.807) is 0 Å². The Morgan fingerprint density at radius 2 is 2.27 bits per heavy atom. The zero-order valence-corrected chi connectivity index (χ0v) is 12.8. The van der Waals surface area contributed by atoms with Gasteiger partial charge in [0.15, 0.2) is 0 Å². The summed E-state index contributed by atoms with van der Waals surface area (Å²) < 4.78 is 5.36. The van der Waals surface area contributed by atoms with E-state index in [4.69, 9.17) is 4.74 Å². The fraction of sp³-hybridized carbons (Fsp3) is 0.529. The summed E-state index contributed by atoms with van der Waals surface area (Å²) in [5, 5.41) is 3.01.